The Morgan fingerprint density at radius 1 is 1.11 bits per heavy atom. The number of nitrogens with one attached hydrogen (secondary N) is 1. The van der Waals surface area contributed by atoms with Gasteiger partial charge in [-0.1, -0.05) is 6.07 Å². The number of aromatic hydroxyl groups is 1. The van der Waals surface area contributed by atoms with E-state index in [4.69, 9.17) is 0 Å². The number of halogens is 1. The molecule has 194 valence electrons. The number of aromatic nitrogens is 5. The minimum absolute atomic E-state index is 0.0963. The van der Waals surface area contributed by atoms with Gasteiger partial charge in [0.15, 0.2) is 17.6 Å². The number of benzene rings is 1. The summed E-state index contributed by atoms with van der Waals surface area (Å²) in [5.74, 6) is 0.274. The van der Waals surface area contributed by atoms with Gasteiger partial charge in [0.1, 0.15) is 5.75 Å². The van der Waals surface area contributed by atoms with Crippen molar-refractivity contribution >= 4 is 5.82 Å². The molecule has 3 aromatic rings. The molecular formula is C27H32FN7O2. The molecule has 0 amide bonds. The first-order chi connectivity index (χ1) is 17.6. The average molecular weight is 506 g/mol. The highest BCUT2D eigenvalue weighted by molar-refractivity contribution is 5.71. The molecule has 6 rings (SSSR count). The molecule has 2 aromatic heterocycles. The summed E-state index contributed by atoms with van der Waals surface area (Å²) >= 11 is 0. The van der Waals surface area contributed by atoms with Crippen LogP contribution < -0.4 is 15.9 Å². The zero-order valence-corrected chi connectivity index (χ0v) is 21.4. The lowest BCUT2D eigenvalue weighted by atomic mass is 9.69. The SMILES string of the molecule is Cn1c(F)cc(-c2ccc(-c3ncc(N(C4CC4)C4C[C@]5(C)CCC[C@](C)(C4)N5)nn3)c(O)c2)nc1=O. The molecule has 3 atom stereocenters. The molecule has 2 bridgehead atoms. The fourth-order valence-corrected chi connectivity index (χ4v) is 6.41. The maximum Gasteiger partial charge on any atom is 0.350 e. The maximum absolute atomic E-state index is 14.0. The fourth-order valence-electron chi connectivity index (χ4n) is 6.41. The molecule has 2 aliphatic heterocycles. The molecule has 0 spiro atoms. The third-order valence-corrected chi connectivity index (χ3v) is 8.19. The number of phenolic OH excluding ortho intramolecular Hbond substituents is 1. The first kappa shape index (κ1) is 24.0. The molecule has 9 nitrogen and oxygen atoms in total. The molecule has 1 aliphatic carbocycles. The van der Waals surface area contributed by atoms with Gasteiger partial charge in [0.25, 0.3) is 0 Å². The Labute approximate surface area is 214 Å². The highest BCUT2D eigenvalue weighted by Crippen LogP contribution is 2.45. The Kier molecular flexibility index (Phi) is 5.56. The number of phenols is 1. The van der Waals surface area contributed by atoms with E-state index in [0.717, 1.165) is 42.1 Å². The summed E-state index contributed by atoms with van der Waals surface area (Å²) in [7, 11) is 1.31. The quantitative estimate of drug-likeness (QED) is 0.507. The van der Waals surface area contributed by atoms with Crippen molar-refractivity contribution in [2.75, 3.05) is 4.90 Å². The molecule has 3 fully saturated rings. The van der Waals surface area contributed by atoms with Gasteiger partial charge in [0.05, 0.1) is 17.5 Å². The van der Waals surface area contributed by atoms with E-state index in [2.05, 4.69) is 44.2 Å². The second-order valence-corrected chi connectivity index (χ2v) is 11.5. The molecule has 0 radical (unpaired) electrons. The van der Waals surface area contributed by atoms with Crippen LogP contribution in [0.15, 0.2) is 35.3 Å². The van der Waals surface area contributed by atoms with Crippen molar-refractivity contribution in [1.29, 1.82) is 0 Å². The van der Waals surface area contributed by atoms with Crippen molar-refractivity contribution in [3.8, 4) is 28.4 Å². The molecule has 1 unspecified atom stereocenters. The molecular weight excluding hydrogens is 473 g/mol. The normalized spacial score (nSPS) is 27.2. The van der Waals surface area contributed by atoms with Crippen molar-refractivity contribution in [2.24, 2.45) is 7.05 Å². The van der Waals surface area contributed by atoms with Crippen LogP contribution in [0.3, 0.4) is 0 Å². The van der Waals surface area contributed by atoms with E-state index in [1.165, 1.54) is 32.4 Å². The van der Waals surface area contributed by atoms with Crippen molar-refractivity contribution in [1.82, 2.24) is 30.0 Å². The Morgan fingerprint density at radius 3 is 2.43 bits per heavy atom. The van der Waals surface area contributed by atoms with E-state index in [1.807, 2.05) is 0 Å². The van der Waals surface area contributed by atoms with Crippen LogP contribution in [0.25, 0.3) is 22.6 Å². The zero-order chi connectivity index (χ0) is 25.9. The summed E-state index contributed by atoms with van der Waals surface area (Å²) in [6.07, 6.45) is 9.85. The van der Waals surface area contributed by atoms with E-state index in [0.29, 0.717) is 29.0 Å². The smallest absolute Gasteiger partial charge is 0.350 e. The molecule has 3 aliphatic rings. The Morgan fingerprint density at radius 2 is 1.84 bits per heavy atom. The van der Waals surface area contributed by atoms with Crippen LogP contribution in [-0.2, 0) is 7.05 Å². The first-order valence-electron chi connectivity index (χ1n) is 13.0. The summed E-state index contributed by atoms with van der Waals surface area (Å²) in [6, 6.07) is 6.72. The molecule has 2 N–H and O–H groups in total. The number of piperidine rings is 2. The summed E-state index contributed by atoms with van der Waals surface area (Å²) in [4.78, 5) is 22.7. The van der Waals surface area contributed by atoms with Gasteiger partial charge in [-0.15, -0.1) is 10.2 Å². The molecule has 10 heteroatoms. The highest BCUT2D eigenvalue weighted by atomic mass is 19.1. The predicted octanol–water partition coefficient (Wildman–Crippen LogP) is 3.57. The third-order valence-electron chi connectivity index (χ3n) is 8.19. The summed E-state index contributed by atoms with van der Waals surface area (Å²) in [5.41, 5.74) is 0.534. The number of nitrogens with zero attached hydrogens (tertiary/aromatic N) is 6. The lowest BCUT2D eigenvalue weighted by Gasteiger charge is -2.55. The zero-order valence-electron chi connectivity index (χ0n) is 21.4. The van der Waals surface area contributed by atoms with Gasteiger partial charge >= 0.3 is 5.69 Å². The Hall–Kier alpha value is -3.40. The van der Waals surface area contributed by atoms with E-state index in [-0.39, 0.29) is 22.5 Å². The first-order valence-corrected chi connectivity index (χ1v) is 13.0. The minimum Gasteiger partial charge on any atom is -0.507 e. The molecule has 4 heterocycles. The standard InChI is InChI=1S/C27H32FN7O2/c1-26-9-4-10-27(2,33-26)14-18(13-26)35(17-6-7-17)23-15-29-24(32-31-23)19-8-5-16(11-21(19)36)20-12-22(28)34(3)25(37)30-20/h5,8,11-12,15,17-18,33,36H,4,6-7,9-10,13-14H2,1-3H3/t18?,26-,27+. The van der Waals surface area contributed by atoms with E-state index >= 15 is 0 Å². The van der Waals surface area contributed by atoms with Crippen LogP contribution in [-0.4, -0.2) is 53.0 Å². The Bertz CT molecular complexity index is 1390. The summed E-state index contributed by atoms with van der Waals surface area (Å²) in [5, 5.41) is 23.6. The van der Waals surface area contributed by atoms with Crippen LogP contribution in [0, 0.1) is 5.95 Å². The van der Waals surface area contributed by atoms with Gasteiger partial charge in [-0.3, -0.25) is 4.57 Å². The number of fused-ring (bicyclic) bond motifs is 2. The monoisotopic (exact) mass is 505 g/mol. The van der Waals surface area contributed by atoms with Gasteiger partial charge in [-0.05, 0) is 70.9 Å². The molecule has 2 saturated heterocycles. The van der Waals surface area contributed by atoms with Crippen molar-refractivity contribution in [3.05, 3.63) is 46.9 Å². The number of hydrogen-bond acceptors (Lipinski definition) is 8. The number of anilines is 1. The number of hydrogen-bond donors (Lipinski definition) is 2. The molecule has 37 heavy (non-hydrogen) atoms. The minimum atomic E-state index is -0.706. The van der Waals surface area contributed by atoms with Gasteiger partial charge < -0.3 is 15.3 Å². The van der Waals surface area contributed by atoms with Crippen LogP contribution in [0.5, 0.6) is 5.75 Å². The van der Waals surface area contributed by atoms with Crippen LogP contribution >= 0.6 is 0 Å². The van der Waals surface area contributed by atoms with E-state index in [1.54, 1.807) is 18.3 Å². The molecule has 1 aromatic carbocycles. The van der Waals surface area contributed by atoms with E-state index < -0.39 is 11.6 Å². The lowest BCUT2D eigenvalue weighted by Crippen LogP contribution is -2.67. The number of rotatable bonds is 5. The second kappa shape index (κ2) is 8.58. The topological polar surface area (TPSA) is 109 Å². The maximum atomic E-state index is 14.0. The Balaban J connectivity index is 1.27. The van der Waals surface area contributed by atoms with Gasteiger partial charge in [0.2, 0.25) is 0 Å². The van der Waals surface area contributed by atoms with Crippen molar-refractivity contribution in [3.63, 3.8) is 0 Å². The largest absolute Gasteiger partial charge is 0.507 e. The average Bonchev–Trinajstić information content (AvgIpc) is 3.67. The van der Waals surface area contributed by atoms with Crippen molar-refractivity contribution in [2.45, 2.75) is 82.0 Å². The lowest BCUT2D eigenvalue weighted by molar-refractivity contribution is 0.0766. The predicted molar refractivity (Wildman–Crippen MR) is 138 cm³/mol. The summed E-state index contributed by atoms with van der Waals surface area (Å²) < 4.78 is 14.8. The summed E-state index contributed by atoms with van der Waals surface area (Å²) in [6.45, 7) is 4.69. The van der Waals surface area contributed by atoms with Gasteiger partial charge in [-0.25, -0.2) is 9.78 Å². The van der Waals surface area contributed by atoms with Crippen molar-refractivity contribution < 1.29 is 9.50 Å². The third kappa shape index (κ3) is 4.47. The van der Waals surface area contributed by atoms with Crippen LogP contribution in [0.2, 0.25) is 0 Å². The fraction of sp³-hybridized carbons (Fsp3) is 0.519. The van der Waals surface area contributed by atoms with Crippen LogP contribution in [0.4, 0.5) is 10.2 Å². The van der Waals surface area contributed by atoms with E-state index in [9.17, 15) is 14.3 Å². The second-order valence-electron chi connectivity index (χ2n) is 11.5. The molecule has 1 saturated carbocycles. The highest BCUT2D eigenvalue weighted by Gasteiger charge is 2.49. The van der Waals surface area contributed by atoms with Gasteiger partial charge in [0, 0.05) is 41.8 Å². The van der Waals surface area contributed by atoms with Gasteiger partial charge in [-0.2, -0.15) is 9.37 Å². The van der Waals surface area contributed by atoms with Crippen LogP contribution in [0.1, 0.15) is 58.8 Å².